The van der Waals surface area contributed by atoms with Crippen molar-refractivity contribution in [1.82, 2.24) is 19.9 Å². The SMILES string of the molecule is CSc1nc(N)c2ncncc2n1. The minimum absolute atomic E-state index is 0.400. The Kier molecular flexibility index (Phi) is 1.97. The van der Waals surface area contributed by atoms with Crippen LogP contribution in [0.25, 0.3) is 11.0 Å². The summed E-state index contributed by atoms with van der Waals surface area (Å²) in [5.41, 5.74) is 6.96. The van der Waals surface area contributed by atoms with Gasteiger partial charge in [0.1, 0.15) is 17.4 Å². The Labute approximate surface area is 78.8 Å². The number of thioether (sulfide) groups is 1. The zero-order chi connectivity index (χ0) is 9.26. The fourth-order valence-corrected chi connectivity index (χ4v) is 1.36. The Hall–Kier alpha value is -1.43. The second-order valence-electron chi connectivity index (χ2n) is 2.35. The minimum Gasteiger partial charge on any atom is -0.382 e. The summed E-state index contributed by atoms with van der Waals surface area (Å²) < 4.78 is 0. The van der Waals surface area contributed by atoms with Crippen LogP contribution in [0.3, 0.4) is 0 Å². The van der Waals surface area contributed by atoms with E-state index in [9.17, 15) is 0 Å². The number of anilines is 1. The zero-order valence-electron chi connectivity index (χ0n) is 6.93. The van der Waals surface area contributed by atoms with Gasteiger partial charge in [-0.25, -0.2) is 19.9 Å². The lowest BCUT2D eigenvalue weighted by Gasteiger charge is -2.00. The van der Waals surface area contributed by atoms with Crippen LogP contribution in [0, 0.1) is 0 Å². The van der Waals surface area contributed by atoms with Crippen molar-refractivity contribution in [2.75, 3.05) is 12.0 Å². The van der Waals surface area contributed by atoms with E-state index in [4.69, 9.17) is 5.73 Å². The molecule has 0 saturated carbocycles. The third kappa shape index (κ3) is 1.40. The molecule has 0 fully saturated rings. The Morgan fingerprint density at radius 3 is 3.00 bits per heavy atom. The molecule has 0 radical (unpaired) electrons. The fraction of sp³-hybridized carbons (Fsp3) is 0.143. The Balaban J connectivity index is 2.77. The highest BCUT2D eigenvalue weighted by molar-refractivity contribution is 7.98. The molecular formula is C7H7N5S. The van der Waals surface area contributed by atoms with Gasteiger partial charge in [0.25, 0.3) is 0 Å². The molecule has 2 N–H and O–H groups in total. The zero-order valence-corrected chi connectivity index (χ0v) is 7.75. The standard InChI is InChI=1S/C7H7N5S/c1-13-7-11-4-2-9-3-10-5(4)6(8)12-7/h2-3H,1H3,(H2,8,11,12). The van der Waals surface area contributed by atoms with E-state index >= 15 is 0 Å². The van der Waals surface area contributed by atoms with Crippen molar-refractivity contribution in [2.45, 2.75) is 5.16 Å². The molecule has 0 aliphatic carbocycles. The van der Waals surface area contributed by atoms with E-state index in [2.05, 4.69) is 19.9 Å². The predicted molar refractivity (Wildman–Crippen MR) is 51.3 cm³/mol. The van der Waals surface area contributed by atoms with Crippen LogP contribution in [-0.4, -0.2) is 26.2 Å². The number of nitrogens with two attached hydrogens (primary N) is 1. The van der Waals surface area contributed by atoms with Gasteiger partial charge in [-0.05, 0) is 6.26 Å². The van der Waals surface area contributed by atoms with Crippen LogP contribution in [0.1, 0.15) is 0 Å². The van der Waals surface area contributed by atoms with E-state index in [1.807, 2.05) is 6.26 Å². The maximum Gasteiger partial charge on any atom is 0.189 e. The van der Waals surface area contributed by atoms with Crippen LogP contribution >= 0.6 is 11.8 Å². The third-order valence-corrected chi connectivity index (χ3v) is 2.10. The normalized spacial score (nSPS) is 10.5. The number of hydrogen-bond donors (Lipinski definition) is 1. The molecule has 0 aliphatic heterocycles. The smallest absolute Gasteiger partial charge is 0.189 e. The molecule has 0 amide bonds. The molecule has 2 rings (SSSR count). The summed E-state index contributed by atoms with van der Waals surface area (Å²) in [7, 11) is 0. The number of rotatable bonds is 1. The molecule has 0 unspecified atom stereocenters. The molecule has 2 aromatic heterocycles. The van der Waals surface area contributed by atoms with Crippen LogP contribution in [0.15, 0.2) is 17.7 Å². The molecule has 0 atom stereocenters. The predicted octanol–water partition coefficient (Wildman–Crippen LogP) is 0.724. The van der Waals surface area contributed by atoms with Crippen molar-refractivity contribution in [1.29, 1.82) is 0 Å². The number of nitrogen functional groups attached to an aromatic ring is 1. The number of hydrogen-bond acceptors (Lipinski definition) is 6. The van der Waals surface area contributed by atoms with Crippen molar-refractivity contribution in [3.05, 3.63) is 12.5 Å². The lowest BCUT2D eigenvalue weighted by atomic mass is 10.4. The van der Waals surface area contributed by atoms with E-state index in [-0.39, 0.29) is 0 Å². The highest BCUT2D eigenvalue weighted by atomic mass is 32.2. The van der Waals surface area contributed by atoms with Gasteiger partial charge in [0.2, 0.25) is 0 Å². The van der Waals surface area contributed by atoms with Crippen LogP contribution in [0.4, 0.5) is 5.82 Å². The van der Waals surface area contributed by atoms with E-state index in [1.165, 1.54) is 18.1 Å². The molecule has 0 aromatic carbocycles. The minimum atomic E-state index is 0.400. The quantitative estimate of drug-likeness (QED) is 0.531. The van der Waals surface area contributed by atoms with Crippen LogP contribution in [0.2, 0.25) is 0 Å². The summed E-state index contributed by atoms with van der Waals surface area (Å²) in [6.45, 7) is 0. The lowest BCUT2D eigenvalue weighted by Crippen LogP contribution is -1.98. The largest absolute Gasteiger partial charge is 0.382 e. The molecule has 2 aromatic rings. The molecule has 2 heterocycles. The fourth-order valence-electron chi connectivity index (χ4n) is 0.977. The van der Waals surface area contributed by atoms with Gasteiger partial charge < -0.3 is 5.73 Å². The summed E-state index contributed by atoms with van der Waals surface area (Å²) in [5, 5.41) is 0.639. The maximum absolute atomic E-state index is 5.68. The first-order chi connectivity index (χ1) is 6.31. The van der Waals surface area contributed by atoms with Gasteiger partial charge in [0.05, 0.1) is 6.20 Å². The molecule has 0 aliphatic rings. The maximum atomic E-state index is 5.68. The van der Waals surface area contributed by atoms with E-state index in [0.29, 0.717) is 22.0 Å². The molecule has 0 bridgehead atoms. The van der Waals surface area contributed by atoms with Gasteiger partial charge in [0.15, 0.2) is 11.0 Å². The highest BCUT2D eigenvalue weighted by Crippen LogP contribution is 2.17. The molecule has 0 spiro atoms. The summed E-state index contributed by atoms with van der Waals surface area (Å²) in [6.07, 6.45) is 4.95. The van der Waals surface area contributed by atoms with Gasteiger partial charge in [-0.1, -0.05) is 11.8 Å². The Morgan fingerprint density at radius 1 is 1.38 bits per heavy atom. The topological polar surface area (TPSA) is 77.6 Å². The number of nitrogens with zero attached hydrogens (tertiary/aromatic N) is 4. The summed E-state index contributed by atoms with van der Waals surface area (Å²) >= 11 is 1.44. The highest BCUT2D eigenvalue weighted by Gasteiger charge is 2.04. The average molecular weight is 193 g/mol. The van der Waals surface area contributed by atoms with Crippen molar-refractivity contribution < 1.29 is 0 Å². The number of fused-ring (bicyclic) bond motifs is 1. The average Bonchev–Trinajstić information content (AvgIpc) is 2.18. The van der Waals surface area contributed by atoms with Crippen molar-refractivity contribution >= 4 is 28.6 Å². The lowest BCUT2D eigenvalue weighted by molar-refractivity contribution is 1.000. The van der Waals surface area contributed by atoms with E-state index < -0.39 is 0 Å². The molecule has 66 valence electrons. The summed E-state index contributed by atoms with van der Waals surface area (Å²) in [5.74, 6) is 0.400. The first-order valence-corrected chi connectivity index (χ1v) is 4.81. The van der Waals surface area contributed by atoms with Crippen molar-refractivity contribution in [3.63, 3.8) is 0 Å². The molecule has 5 nitrogen and oxygen atoms in total. The van der Waals surface area contributed by atoms with Gasteiger partial charge >= 0.3 is 0 Å². The Morgan fingerprint density at radius 2 is 2.23 bits per heavy atom. The van der Waals surface area contributed by atoms with Gasteiger partial charge in [-0.15, -0.1) is 0 Å². The molecule has 0 saturated heterocycles. The molecule has 13 heavy (non-hydrogen) atoms. The molecule has 6 heteroatoms. The van der Waals surface area contributed by atoms with Crippen LogP contribution in [-0.2, 0) is 0 Å². The summed E-state index contributed by atoms with van der Waals surface area (Å²) in [6, 6.07) is 0. The second-order valence-corrected chi connectivity index (χ2v) is 3.13. The monoisotopic (exact) mass is 193 g/mol. The van der Waals surface area contributed by atoms with Crippen molar-refractivity contribution in [2.24, 2.45) is 0 Å². The summed E-state index contributed by atoms with van der Waals surface area (Å²) in [4.78, 5) is 16.1. The number of aromatic nitrogens is 4. The second kappa shape index (κ2) is 3.14. The van der Waals surface area contributed by atoms with E-state index in [1.54, 1.807) is 6.20 Å². The third-order valence-electron chi connectivity index (χ3n) is 1.55. The van der Waals surface area contributed by atoms with Gasteiger partial charge in [0, 0.05) is 0 Å². The molecular weight excluding hydrogens is 186 g/mol. The Bertz CT molecular complexity index is 444. The van der Waals surface area contributed by atoms with Crippen LogP contribution in [0.5, 0.6) is 0 Å². The van der Waals surface area contributed by atoms with Gasteiger partial charge in [-0.2, -0.15) is 0 Å². The van der Waals surface area contributed by atoms with Crippen LogP contribution < -0.4 is 5.73 Å². The van der Waals surface area contributed by atoms with Crippen molar-refractivity contribution in [3.8, 4) is 0 Å². The van der Waals surface area contributed by atoms with E-state index in [0.717, 1.165) is 0 Å². The first-order valence-electron chi connectivity index (χ1n) is 3.58. The first kappa shape index (κ1) is 8.18. The van der Waals surface area contributed by atoms with Gasteiger partial charge in [-0.3, -0.25) is 0 Å².